The standard InChI is InChI=1S/C24H26N2O5S/c1-3-4-16-31-24(28)19-12-14-20(15-13-19)25-23(27)17-26(32(2,29)30)22-11-7-9-18-8-5-6-10-21(18)22/h5-15H,3-4,16-17H2,1-2H3,(H,25,27). The van der Waals surface area contributed by atoms with Gasteiger partial charge in [-0.15, -0.1) is 0 Å². The number of nitrogens with zero attached hydrogens (tertiary/aromatic N) is 1. The Morgan fingerprint density at radius 3 is 2.34 bits per heavy atom. The lowest BCUT2D eigenvalue weighted by atomic mass is 10.1. The van der Waals surface area contributed by atoms with Gasteiger partial charge in [0.1, 0.15) is 6.54 Å². The Hall–Kier alpha value is -3.39. The van der Waals surface area contributed by atoms with Gasteiger partial charge >= 0.3 is 5.97 Å². The van der Waals surface area contributed by atoms with Crippen LogP contribution in [0.15, 0.2) is 66.7 Å². The number of benzene rings is 3. The van der Waals surface area contributed by atoms with Gasteiger partial charge in [0.25, 0.3) is 0 Å². The molecule has 0 heterocycles. The van der Waals surface area contributed by atoms with Crippen molar-refractivity contribution in [3.63, 3.8) is 0 Å². The Kier molecular flexibility index (Phi) is 7.48. The fourth-order valence-corrected chi connectivity index (χ4v) is 4.09. The number of anilines is 2. The van der Waals surface area contributed by atoms with Crippen molar-refractivity contribution < 1.29 is 22.7 Å². The molecule has 168 valence electrons. The normalized spacial score (nSPS) is 11.2. The predicted octanol–water partition coefficient (Wildman–Crippen LogP) is 4.20. The van der Waals surface area contributed by atoms with Gasteiger partial charge in [0.15, 0.2) is 0 Å². The average Bonchev–Trinajstić information content (AvgIpc) is 2.77. The highest BCUT2D eigenvalue weighted by molar-refractivity contribution is 7.92. The number of nitrogens with one attached hydrogen (secondary N) is 1. The zero-order valence-corrected chi connectivity index (χ0v) is 18.9. The quantitative estimate of drug-likeness (QED) is 0.386. The monoisotopic (exact) mass is 454 g/mol. The number of rotatable bonds is 9. The summed E-state index contributed by atoms with van der Waals surface area (Å²) in [6.07, 6.45) is 2.80. The van der Waals surface area contributed by atoms with E-state index >= 15 is 0 Å². The van der Waals surface area contributed by atoms with Crippen LogP contribution in [0.5, 0.6) is 0 Å². The first kappa shape index (κ1) is 23.3. The summed E-state index contributed by atoms with van der Waals surface area (Å²) in [5.74, 6) is -0.919. The van der Waals surface area contributed by atoms with Crippen LogP contribution in [-0.4, -0.2) is 39.7 Å². The summed E-state index contributed by atoms with van der Waals surface area (Å²) in [4.78, 5) is 24.7. The number of ether oxygens (including phenoxy) is 1. The Morgan fingerprint density at radius 1 is 0.969 bits per heavy atom. The number of hydrogen-bond donors (Lipinski definition) is 1. The minimum absolute atomic E-state index is 0.364. The molecule has 0 radical (unpaired) electrons. The molecule has 3 rings (SSSR count). The van der Waals surface area contributed by atoms with E-state index < -0.39 is 21.9 Å². The van der Waals surface area contributed by atoms with Crippen molar-refractivity contribution in [2.75, 3.05) is 29.0 Å². The van der Waals surface area contributed by atoms with E-state index in [-0.39, 0.29) is 6.54 Å². The lowest BCUT2D eigenvalue weighted by molar-refractivity contribution is -0.114. The van der Waals surface area contributed by atoms with E-state index in [0.717, 1.165) is 34.2 Å². The van der Waals surface area contributed by atoms with E-state index in [0.29, 0.717) is 23.5 Å². The molecule has 0 aliphatic heterocycles. The van der Waals surface area contributed by atoms with Crippen LogP contribution in [0.3, 0.4) is 0 Å². The summed E-state index contributed by atoms with van der Waals surface area (Å²) >= 11 is 0. The molecule has 0 unspecified atom stereocenters. The minimum Gasteiger partial charge on any atom is -0.462 e. The van der Waals surface area contributed by atoms with Crippen molar-refractivity contribution in [1.82, 2.24) is 0 Å². The van der Waals surface area contributed by atoms with Crippen LogP contribution in [-0.2, 0) is 19.6 Å². The van der Waals surface area contributed by atoms with E-state index in [2.05, 4.69) is 5.32 Å². The minimum atomic E-state index is -3.71. The summed E-state index contributed by atoms with van der Waals surface area (Å²) in [6.45, 7) is 1.99. The van der Waals surface area contributed by atoms with Crippen LogP contribution in [0.2, 0.25) is 0 Å². The van der Waals surface area contributed by atoms with E-state index in [1.165, 1.54) is 0 Å². The molecule has 0 bridgehead atoms. The molecule has 1 N–H and O–H groups in total. The highest BCUT2D eigenvalue weighted by Crippen LogP contribution is 2.28. The first-order valence-electron chi connectivity index (χ1n) is 10.3. The van der Waals surface area contributed by atoms with Gasteiger partial charge in [-0.2, -0.15) is 0 Å². The zero-order valence-electron chi connectivity index (χ0n) is 18.1. The molecule has 7 nitrogen and oxygen atoms in total. The first-order valence-corrected chi connectivity index (χ1v) is 12.2. The van der Waals surface area contributed by atoms with E-state index in [1.807, 2.05) is 37.3 Å². The first-order chi connectivity index (χ1) is 15.3. The highest BCUT2D eigenvalue weighted by Gasteiger charge is 2.22. The van der Waals surface area contributed by atoms with Crippen molar-refractivity contribution in [1.29, 1.82) is 0 Å². The molecule has 0 aliphatic carbocycles. The van der Waals surface area contributed by atoms with Crippen LogP contribution in [0.4, 0.5) is 11.4 Å². The number of sulfonamides is 1. The van der Waals surface area contributed by atoms with Gasteiger partial charge in [0.2, 0.25) is 15.9 Å². The van der Waals surface area contributed by atoms with Gasteiger partial charge in [-0.1, -0.05) is 49.7 Å². The maximum absolute atomic E-state index is 12.7. The fourth-order valence-electron chi connectivity index (χ4n) is 3.22. The van der Waals surface area contributed by atoms with Gasteiger partial charge in [-0.05, 0) is 42.1 Å². The molecule has 0 aromatic heterocycles. The van der Waals surface area contributed by atoms with E-state index in [4.69, 9.17) is 4.74 Å². The van der Waals surface area contributed by atoms with Crippen molar-refractivity contribution in [2.45, 2.75) is 19.8 Å². The van der Waals surface area contributed by atoms with Crippen molar-refractivity contribution in [3.8, 4) is 0 Å². The summed E-state index contributed by atoms with van der Waals surface area (Å²) in [5, 5.41) is 4.29. The number of carbonyl (C=O) groups is 2. The van der Waals surface area contributed by atoms with Crippen LogP contribution in [0, 0.1) is 0 Å². The highest BCUT2D eigenvalue weighted by atomic mass is 32.2. The maximum atomic E-state index is 12.7. The molecule has 0 spiro atoms. The Bertz CT molecular complexity index is 1200. The average molecular weight is 455 g/mol. The summed E-state index contributed by atoms with van der Waals surface area (Å²) in [6, 6.07) is 19.0. The zero-order chi connectivity index (χ0) is 23.1. The third-order valence-electron chi connectivity index (χ3n) is 4.86. The SMILES string of the molecule is CCCCOC(=O)c1ccc(NC(=O)CN(c2cccc3ccccc23)S(C)(=O)=O)cc1. The van der Waals surface area contributed by atoms with Crippen LogP contribution >= 0.6 is 0 Å². The number of carbonyl (C=O) groups excluding carboxylic acids is 2. The van der Waals surface area contributed by atoms with Gasteiger partial charge in [0, 0.05) is 11.1 Å². The largest absolute Gasteiger partial charge is 0.462 e. The number of unbranched alkanes of at least 4 members (excludes halogenated alkanes) is 1. The number of hydrogen-bond acceptors (Lipinski definition) is 5. The van der Waals surface area contributed by atoms with Gasteiger partial charge < -0.3 is 10.1 Å². The molecule has 0 saturated carbocycles. The van der Waals surface area contributed by atoms with Gasteiger partial charge in [-0.3, -0.25) is 9.10 Å². The molecule has 0 saturated heterocycles. The van der Waals surface area contributed by atoms with E-state index in [1.54, 1.807) is 36.4 Å². The molecule has 0 atom stereocenters. The Labute approximate surface area is 188 Å². The second-order valence-electron chi connectivity index (χ2n) is 7.38. The van der Waals surface area contributed by atoms with Gasteiger partial charge in [-0.25, -0.2) is 13.2 Å². The molecule has 8 heteroatoms. The summed E-state index contributed by atoms with van der Waals surface area (Å²) in [7, 11) is -3.71. The Balaban J connectivity index is 1.73. The lowest BCUT2D eigenvalue weighted by Crippen LogP contribution is -2.37. The summed E-state index contributed by atoms with van der Waals surface area (Å²) in [5.41, 5.74) is 1.27. The molecular formula is C24H26N2O5S. The number of amides is 1. The smallest absolute Gasteiger partial charge is 0.338 e. The topological polar surface area (TPSA) is 92.8 Å². The van der Waals surface area contributed by atoms with Crippen molar-refractivity contribution in [3.05, 3.63) is 72.3 Å². The van der Waals surface area contributed by atoms with Gasteiger partial charge in [0.05, 0.1) is 24.1 Å². The second-order valence-corrected chi connectivity index (χ2v) is 9.29. The molecule has 0 fully saturated rings. The third-order valence-corrected chi connectivity index (χ3v) is 5.98. The predicted molar refractivity (Wildman–Crippen MR) is 126 cm³/mol. The lowest BCUT2D eigenvalue weighted by Gasteiger charge is -2.23. The molecule has 0 aliphatic rings. The molecular weight excluding hydrogens is 428 g/mol. The number of esters is 1. The molecule has 32 heavy (non-hydrogen) atoms. The molecule has 3 aromatic rings. The van der Waals surface area contributed by atoms with Crippen LogP contribution in [0.1, 0.15) is 30.1 Å². The van der Waals surface area contributed by atoms with E-state index in [9.17, 15) is 18.0 Å². The van der Waals surface area contributed by atoms with Crippen LogP contribution in [0.25, 0.3) is 10.8 Å². The molecule has 3 aromatic carbocycles. The fraction of sp³-hybridized carbons (Fsp3) is 0.250. The van der Waals surface area contributed by atoms with Crippen LogP contribution < -0.4 is 9.62 Å². The number of fused-ring (bicyclic) bond motifs is 1. The molecule has 1 amide bonds. The maximum Gasteiger partial charge on any atom is 0.338 e. The third kappa shape index (κ3) is 5.85. The summed E-state index contributed by atoms with van der Waals surface area (Å²) < 4.78 is 31.2. The van der Waals surface area contributed by atoms with Crippen molar-refractivity contribution in [2.24, 2.45) is 0 Å². The van der Waals surface area contributed by atoms with Crippen molar-refractivity contribution >= 4 is 44.0 Å². The Morgan fingerprint density at radius 2 is 1.66 bits per heavy atom. The second kappa shape index (κ2) is 10.3.